The molecule has 0 saturated carbocycles. The number of hydrogen-bond acceptors (Lipinski definition) is 4. The van der Waals surface area contributed by atoms with Crippen molar-refractivity contribution in [1.82, 2.24) is 10.2 Å². The van der Waals surface area contributed by atoms with E-state index >= 15 is 0 Å². The molecule has 9 heteroatoms. The van der Waals surface area contributed by atoms with E-state index in [2.05, 4.69) is 10.2 Å². The van der Waals surface area contributed by atoms with Crippen LogP contribution in [0.5, 0.6) is 0 Å². The fraction of sp³-hybridized carbons (Fsp3) is 0.533. The van der Waals surface area contributed by atoms with Gasteiger partial charge in [0.2, 0.25) is 0 Å². The Bertz CT molecular complexity index is 614. The Morgan fingerprint density at radius 3 is 2.46 bits per heavy atom. The van der Waals surface area contributed by atoms with Crippen LogP contribution in [0.15, 0.2) is 18.2 Å². The van der Waals surface area contributed by atoms with Gasteiger partial charge in [0.1, 0.15) is 0 Å². The van der Waals surface area contributed by atoms with E-state index in [1.807, 2.05) is 0 Å². The molecule has 1 saturated heterocycles. The first-order valence-corrected chi connectivity index (χ1v) is 7.64. The lowest BCUT2D eigenvalue weighted by Gasteiger charge is -2.26. The van der Waals surface area contributed by atoms with Gasteiger partial charge in [-0.3, -0.25) is 14.9 Å². The Hall–Kier alpha value is -2.16. The van der Waals surface area contributed by atoms with E-state index in [4.69, 9.17) is 0 Å². The van der Waals surface area contributed by atoms with Gasteiger partial charge in [0.05, 0.1) is 10.5 Å². The Labute approximate surface area is 136 Å². The summed E-state index contributed by atoms with van der Waals surface area (Å²) >= 11 is 0. The van der Waals surface area contributed by atoms with Crippen molar-refractivity contribution in [3.63, 3.8) is 0 Å². The molecule has 1 aliphatic heterocycles. The molecule has 0 atom stereocenters. The maximum Gasteiger partial charge on any atom is 0.416 e. The number of carbonyl (C=O) groups is 1. The fourth-order valence-corrected chi connectivity index (χ4v) is 2.62. The van der Waals surface area contributed by atoms with Crippen molar-refractivity contribution in [3.8, 4) is 0 Å². The molecule has 0 aromatic heterocycles. The summed E-state index contributed by atoms with van der Waals surface area (Å²) in [5.41, 5.74) is -2.33. The fourth-order valence-electron chi connectivity index (χ4n) is 2.62. The van der Waals surface area contributed by atoms with Crippen molar-refractivity contribution in [2.24, 2.45) is 0 Å². The van der Waals surface area contributed by atoms with Gasteiger partial charge in [-0.25, -0.2) is 0 Å². The molecule has 0 bridgehead atoms. The number of carbonyl (C=O) groups excluding carboxylic acids is 1. The number of hydrogen-bond donors (Lipinski definition) is 1. The van der Waals surface area contributed by atoms with E-state index in [9.17, 15) is 28.1 Å². The summed E-state index contributed by atoms with van der Waals surface area (Å²) in [4.78, 5) is 24.0. The predicted molar refractivity (Wildman–Crippen MR) is 80.7 cm³/mol. The molecule has 1 fully saturated rings. The summed E-state index contributed by atoms with van der Waals surface area (Å²) < 4.78 is 38.4. The SMILES string of the molecule is O=C(NCCN1CCCCC1)c1cc([N+](=O)[O-])cc(C(F)(F)F)c1. The molecule has 132 valence electrons. The third-order valence-corrected chi connectivity index (χ3v) is 3.88. The van der Waals surface area contributed by atoms with Gasteiger partial charge in [-0.2, -0.15) is 13.2 Å². The second-order valence-corrected chi connectivity index (χ2v) is 5.68. The molecular weight excluding hydrogens is 327 g/mol. The van der Waals surface area contributed by atoms with Crippen molar-refractivity contribution in [2.75, 3.05) is 26.2 Å². The average molecular weight is 345 g/mol. The van der Waals surface area contributed by atoms with Crippen molar-refractivity contribution in [2.45, 2.75) is 25.4 Å². The number of amides is 1. The summed E-state index contributed by atoms with van der Waals surface area (Å²) in [6, 6.07) is 1.90. The standard InChI is InChI=1S/C15H18F3N3O3/c16-15(17,18)12-8-11(9-13(10-12)21(23)24)14(22)19-4-7-20-5-2-1-3-6-20/h8-10H,1-7H2,(H,19,22). The molecule has 0 unspecified atom stereocenters. The second kappa shape index (κ2) is 7.61. The third kappa shape index (κ3) is 4.92. The number of nitro benzene ring substituents is 1. The van der Waals surface area contributed by atoms with Gasteiger partial charge in [-0.1, -0.05) is 6.42 Å². The van der Waals surface area contributed by atoms with Crippen LogP contribution in [0.3, 0.4) is 0 Å². The molecule has 24 heavy (non-hydrogen) atoms. The number of benzene rings is 1. The highest BCUT2D eigenvalue weighted by atomic mass is 19.4. The molecule has 0 spiro atoms. The summed E-state index contributed by atoms with van der Waals surface area (Å²) in [6.45, 7) is 2.76. The summed E-state index contributed by atoms with van der Waals surface area (Å²) in [6.07, 6.45) is -1.40. The number of rotatable bonds is 5. The molecule has 1 amide bonds. The van der Waals surface area contributed by atoms with Crippen molar-refractivity contribution < 1.29 is 22.9 Å². The Morgan fingerprint density at radius 1 is 1.21 bits per heavy atom. The van der Waals surface area contributed by atoms with Crippen LogP contribution in [0.4, 0.5) is 18.9 Å². The summed E-state index contributed by atoms with van der Waals surface area (Å²) in [5.74, 6) is -0.749. The van der Waals surface area contributed by atoms with Crippen LogP contribution >= 0.6 is 0 Å². The van der Waals surface area contributed by atoms with E-state index in [1.54, 1.807) is 0 Å². The van der Waals surface area contributed by atoms with Gasteiger partial charge in [-0.05, 0) is 32.0 Å². The number of likely N-dealkylation sites (tertiary alicyclic amines) is 1. The first kappa shape index (κ1) is 18.2. The third-order valence-electron chi connectivity index (χ3n) is 3.88. The lowest BCUT2D eigenvalue weighted by atomic mass is 10.1. The smallest absolute Gasteiger partial charge is 0.351 e. The topological polar surface area (TPSA) is 75.5 Å². The van der Waals surface area contributed by atoms with E-state index in [0.717, 1.165) is 32.0 Å². The van der Waals surface area contributed by atoms with Gasteiger partial charge in [0, 0.05) is 30.8 Å². The molecule has 1 aliphatic rings. The molecular formula is C15H18F3N3O3. The molecule has 1 heterocycles. The number of nitro groups is 1. The van der Waals surface area contributed by atoms with Crippen molar-refractivity contribution in [1.29, 1.82) is 0 Å². The first-order chi connectivity index (χ1) is 11.3. The minimum atomic E-state index is -4.76. The first-order valence-electron chi connectivity index (χ1n) is 7.64. The second-order valence-electron chi connectivity index (χ2n) is 5.68. The molecule has 1 N–H and O–H groups in total. The molecule has 2 rings (SSSR count). The number of non-ortho nitro benzene ring substituents is 1. The zero-order valence-electron chi connectivity index (χ0n) is 12.9. The van der Waals surface area contributed by atoms with Crippen LogP contribution in [0.2, 0.25) is 0 Å². The Morgan fingerprint density at radius 2 is 1.88 bits per heavy atom. The van der Waals surface area contributed by atoms with E-state index < -0.39 is 28.3 Å². The quantitative estimate of drug-likeness (QED) is 0.658. The Kier molecular flexibility index (Phi) is 5.76. The maximum absolute atomic E-state index is 12.8. The molecule has 6 nitrogen and oxygen atoms in total. The van der Waals surface area contributed by atoms with Gasteiger partial charge in [0.25, 0.3) is 11.6 Å². The molecule has 1 aromatic rings. The van der Waals surface area contributed by atoms with Crippen LogP contribution in [0, 0.1) is 10.1 Å². The van der Waals surface area contributed by atoms with E-state index in [0.29, 0.717) is 18.7 Å². The van der Waals surface area contributed by atoms with Crippen LogP contribution in [-0.4, -0.2) is 41.9 Å². The largest absolute Gasteiger partial charge is 0.416 e. The van der Waals surface area contributed by atoms with E-state index in [-0.39, 0.29) is 12.1 Å². The minimum Gasteiger partial charge on any atom is -0.351 e. The monoisotopic (exact) mass is 345 g/mol. The zero-order valence-corrected chi connectivity index (χ0v) is 12.9. The summed E-state index contributed by atoms with van der Waals surface area (Å²) in [7, 11) is 0. The highest BCUT2D eigenvalue weighted by Gasteiger charge is 2.33. The highest BCUT2D eigenvalue weighted by molar-refractivity contribution is 5.95. The van der Waals surface area contributed by atoms with Crippen LogP contribution in [-0.2, 0) is 6.18 Å². The number of alkyl halides is 3. The molecule has 0 radical (unpaired) electrons. The van der Waals surface area contributed by atoms with E-state index in [1.165, 1.54) is 6.42 Å². The number of piperidine rings is 1. The zero-order chi connectivity index (χ0) is 17.7. The molecule has 0 aliphatic carbocycles. The Balaban J connectivity index is 2.04. The number of halogens is 3. The lowest BCUT2D eigenvalue weighted by molar-refractivity contribution is -0.385. The normalized spacial score (nSPS) is 16.0. The van der Waals surface area contributed by atoms with Crippen LogP contribution in [0.1, 0.15) is 35.2 Å². The number of nitrogens with one attached hydrogen (secondary N) is 1. The summed E-state index contributed by atoms with van der Waals surface area (Å²) in [5, 5.41) is 13.3. The van der Waals surface area contributed by atoms with Gasteiger partial charge in [0.15, 0.2) is 0 Å². The number of nitrogens with zero attached hydrogens (tertiary/aromatic N) is 2. The predicted octanol–water partition coefficient (Wildman–Crippen LogP) is 2.83. The van der Waals surface area contributed by atoms with Crippen molar-refractivity contribution in [3.05, 3.63) is 39.4 Å². The van der Waals surface area contributed by atoms with Gasteiger partial charge in [-0.15, -0.1) is 0 Å². The van der Waals surface area contributed by atoms with Gasteiger partial charge >= 0.3 is 6.18 Å². The van der Waals surface area contributed by atoms with Gasteiger partial charge < -0.3 is 10.2 Å². The van der Waals surface area contributed by atoms with Crippen LogP contribution in [0.25, 0.3) is 0 Å². The minimum absolute atomic E-state index is 0.281. The highest BCUT2D eigenvalue weighted by Crippen LogP contribution is 2.32. The average Bonchev–Trinajstić information content (AvgIpc) is 2.54. The lowest BCUT2D eigenvalue weighted by Crippen LogP contribution is -2.37. The molecule has 1 aromatic carbocycles. The maximum atomic E-state index is 12.8. The van der Waals surface area contributed by atoms with Crippen molar-refractivity contribution >= 4 is 11.6 Å². The van der Waals surface area contributed by atoms with Crippen LogP contribution < -0.4 is 5.32 Å².